The van der Waals surface area contributed by atoms with Gasteiger partial charge in [0.25, 0.3) is 0 Å². The van der Waals surface area contributed by atoms with Crippen LogP contribution in [-0.2, 0) is 12.6 Å². The lowest BCUT2D eigenvalue weighted by molar-refractivity contribution is -0.138. The molecule has 3 rings (SSSR count). The Morgan fingerprint density at radius 3 is 2.43 bits per heavy atom. The van der Waals surface area contributed by atoms with Crippen LogP contribution in [-0.4, -0.2) is 23.0 Å². The number of halogens is 5. The van der Waals surface area contributed by atoms with Gasteiger partial charge in [-0.05, 0) is 49.9 Å². The molecular formula is C20H19F5N2O. The molecular weight excluding hydrogens is 379 g/mol. The fraction of sp³-hybridized carbons (Fsp3) is 0.350. The zero-order valence-electron chi connectivity index (χ0n) is 15.1. The third kappa shape index (κ3) is 4.26. The number of carbonyl (C=O) groups excluding carboxylic acids is 1. The highest BCUT2D eigenvalue weighted by Gasteiger charge is 2.42. The molecule has 0 aliphatic carbocycles. The molecule has 8 heteroatoms. The maximum Gasteiger partial charge on any atom is 0.416 e. The van der Waals surface area contributed by atoms with Gasteiger partial charge in [-0.3, -0.25) is 0 Å². The fourth-order valence-corrected chi connectivity index (χ4v) is 3.73. The third-order valence-electron chi connectivity index (χ3n) is 5.00. The van der Waals surface area contributed by atoms with Crippen molar-refractivity contribution >= 4 is 11.7 Å². The number of nitrogens with zero attached hydrogens (tertiary/aromatic N) is 1. The molecule has 0 aromatic heterocycles. The van der Waals surface area contributed by atoms with Gasteiger partial charge in [0.15, 0.2) is 0 Å². The predicted octanol–water partition coefficient (Wildman–Crippen LogP) is 5.61. The van der Waals surface area contributed by atoms with Crippen molar-refractivity contribution in [3.63, 3.8) is 0 Å². The van der Waals surface area contributed by atoms with Crippen LogP contribution in [0.5, 0.6) is 0 Å². The average molecular weight is 398 g/mol. The Morgan fingerprint density at radius 2 is 1.79 bits per heavy atom. The summed E-state index contributed by atoms with van der Waals surface area (Å²) in [6.45, 7) is 2.06. The molecule has 1 aliphatic heterocycles. The molecule has 1 aliphatic rings. The number of rotatable bonds is 3. The van der Waals surface area contributed by atoms with Gasteiger partial charge < -0.3 is 10.2 Å². The lowest BCUT2D eigenvalue weighted by Gasteiger charge is -2.36. The van der Waals surface area contributed by atoms with Crippen LogP contribution in [0.2, 0.25) is 0 Å². The maximum absolute atomic E-state index is 13.3. The molecule has 28 heavy (non-hydrogen) atoms. The highest BCUT2D eigenvalue weighted by atomic mass is 19.4. The molecule has 2 amide bonds. The first-order valence-electron chi connectivity index (χ1n) is 8.78. The van der Waals surface area contributed by atoms with Gasteiger partial charge in [-0.2, -0.15) is 13.2 Å². The number of anilines is 1. The number of benzene rings is 2. The molecule has 0 spiro atoms. The minimum absolute atomic E-state index is 0.0214. The van der Waals surface area contributed by atoms with E-state index < -0.39 is 34.9 Å². The summed E-state index contributed by atoms with van der Waals surface area (Å²) in [5.74, 6) is -1.67. The van der Waals surface area contributed by atoms with Gasteiger partial charge in [-0.25, -0.2) is 13.6 Å². The summed E-state index contributed by atoms with van der Waals surface area (Å²) >= 11 is 0. The standard InChI is InChI=1S/C20H19F5N2O/c1-19(12-13-5-2-3-6-17(13)20(23,24)25)7-4-8-27(19)18(28)26-16-10-14(21)9-15(22)11-16/h2-3,5-6,9-11H,4,7-8,12H2,1H3,(H,26,28). The van der Waals surface area contributed by atoms with E-state index in [1.165, 1.54) is 23.1 Å². The SMILES string of the molecule is CC1(Cc2ccccc2C(F)(F)F)CCCN1C(=O)Nc1cc(F)cc(F)c1. The number of hydrogen-bond donors (Lipinski definition) is 1. The Kier molecular flexibility index (Phi) is 5.32. The molecule has 0 saturated carbocycles. The van der Waals surface area contributed by atoms with Crippen LogP contribution in [0, 0.1) is 11.6 Å². The zero-order chi connectivity index (χ0) is 20.5. The summed E-state index contributed by atoms with van der Waals surface area (Å²) in [4.78, 5) is 14.1. The Balaban J connectivity index is 1.83. The number of carbonyl (C=O) groups is 1. The number of urea groups is 1. The van der Waals surface area contributed by atoms with Crippen LogP contribution >= 0.6 is 0 Å². The quantitative estimate of drug-likeness (QED) is 0.670. The van der Waals surface area contributed by atoms with Gasteiger partial charge in [0.2, 0.25) is 0 Å². The van der Waals surface area contributed by atoms with Crippen molar-refractivity contribution in [2.75, 3.05) is 11.9 Å². The first-order chi connectivity index (χ1) is 13.1. The number of nitrogens with one attached hydrogen (secondary N) is 1. The van der Waals surface area contributed by atoms with Crippen molar-refractivity contribution in [2.24, 2.45) is 0 Å². The summed E-state index contributed by atoms with van der Waals surface area (Å²) in [7, 11) is 0. The van der Waals surface area contributed by atoms with Gasteiger partial charge in [-0.15, -0.1) is 0 Å². The Hall–Kier alpha value is -2.64. The molecule has 1 unspecified atom stereocenters. The van der Waals surface area contributed by atoms with E-state index in [9.17, 15) is 26.7 Å². The maximum atomic E-state index is 13.3. The van der Waals surface area contributed by atoms with Crippen LogP contribution < -0.4 is 5.32 Å². The van der Waals surface area contributed by atoms with E-state index in [2.05, 4.69) is 5.32 Å². The van der Waals surface area contributed by atoms with Crippen molar-refractivity contribution in [2.45, 2.75) is 37.9 Å². The highest BCUT2D eigenvalue weighted by Crippen LogP contribution is 2.38. The van der Waals surface area contributed by atoms with Gasteiger partial charge in [0, 0.05) is 23.8 Å². The molecule has 1 fully saturated rings. The first kappa shape index (κ1) is 20.1. The molecule has 150 valence electrons. The fourth-order valence-electron chi connectivity index (χ4n) is 3.73. The molecule has 1 heterocycles. The van der Waals surface area contributed by atoms with Crippen molar-refractivity contribution in [1.82, 2.24) is 4.90 Å². The Bertz CT molecular complexity index is 863. The normalized spacial score (nSPS) is 19.7. The van der Waals surface area contributed by atoms with Crippen LogP contribution in [0.15, 0.2) is 42.5 Å². The number of hydrogen-bond acceptors (Lipinski definition) is 1. The van der Waals surface area contributed by atoms with Gasteiger partial charge in [0.1, 0.15) is 11.6 Å². The molecule has 0 radical (unpaired) electrons. The van der Waals surface area contributed by atoms with E-state index in [-0.39, 0.29) is 17.7 Å². The van der Waals surface area contributed by atoms with Crippen LogP contribution in [0.3, 0.4) is 0 Å². The van der Waals surface area contributed by atoms with Crippen molar-refractivity contribution in [3.8, 4) is 0 Å². The van der Waals surface area contributed by atoms with Gasteiger partial charge in [0.05, 0.1) is 5.56 Å². The summed E-state index contributed by atoms with van der Waals surface area (Å²) < 4.78 is 66.6. The molecule has 2 aromatic rings. The number of likely N-dealkylation sites (tertiary alicyclic amines) is 1. The van der Waals surface area contributed by atoms with Crippen LogP contribution in [0.4, 0.5) is 32.4 Å². The average Bonchev–Trinajstić information content (AvgIpc) is 2.94. The van der Waals surface area contributed by atoms with Gasteiger partial charge in [-0.1, -0.05) is 18.2 Å². The monoisotopic (exact) mass is 398 g/mol. The Labute approximate surface area is 159 Å². The second kappa shape index (κ2) is 7.41. The van der Waals surface area contributed by atoms with E-state index in [4.69, 9.17) is 0 Å². The molecule has 1 N–H and O–H groups in total. The van der Waals surface area contributed by atoms with E-state index >= 15 is 0 Å². The van der Waals surface area contributed by atoms with Gasteiger partial charge >= 0.3 is 12.2 Å². The van der Waals surface area contributed by atoms with E-state index in [0.29, 0.717) is 25.5 Å². The minimum Gasteiger partial charge on any atom is -0.319 e. The number of amides is 2. The molecule has 1 atom stereocenters. The van der Waals surface area contributed by atoms with Crippen molar-refractivity contribution < 1.29 is 26.7 Å². The summed E-state index contributed by atoms with van der Waals surface area (Å²) in [5.41, 5.74) is -1.52. The summed E-state index contributed by atoms with van der Waals surface area (Å²) in [5, 5.41) is 2.44. The third-order valence-corrected chi connectivity index (χ3v) is 5.00. The lowest BCUT2D eigenvalue weighted by atomic mass is 9.88. The topological polar surface area (TPSA) is 32.3 Å². The summed E-state index contributed by atoms with van der Waals surface area (Å²) in [6, 6.07) is 7.33. The molecule has 1 saturated heterocycles. The smallest absolute Gasteiger partial charge is 0.319 e. The highest BCUT2D eigenvalue weighted by molar-refractivity contribution is 5.90. The Morgan fingerprint density at radius 1 is 1.14 bits per heavy atom. The molecule has 3 nitrogen and oxygen atoms in total. The largest absolute Gasteiger partial charge is 0.416 e. The van der Waals surface area contributed by atoms with Crippen molar-refractivity contribution in [3.05, 3.63) is 65.2 Å². The zero-order valence-corrected chi connectivity index (χ0v) is 15.1. The minimum atomic E-state index is -4.49. The molecule has 0 bridgehead atoms. The first-order valence-corrected chi connectivity index (χ1v) is 8.78. The second-order valence-electron chi connectivity index (χ2n) is 7.17. The van der Waals surface area contributed by atoms with Crippen LogP contribution in [0.1, 0.15) is 30.9 Å². The second-order valence-corrected chi connectivity index (χ2v) is 7.17. The summed E-state index contributed by atoms with van der Waals surface area (Å²) in [6.07, 6.45) is -3.33. The van der Waals surface area contributed by atoms with Crippen molar-refractivity contribution in [1.29, 1.82) is 0 Å². The molecule has 2 aromatic carbocycles. The van der Waals surface area contributed by atoms with E-state index in [1.807, 2.05) is 0 Å². The van der Waals surface area contributed by atoms with E-state index in [0.717, 1.165) is 18.2 Å². The number of alkyl halides is 3. The lowest BCUT2D eigenvalue weighted by Crippen LogP contribution is -2.48. The van der Waals surface area contributed by atoms with E-state index in [1.54, 1.807) is 6.92 Å². The van der Waals surface area contributed by atoms with Crippen LogP contribution in [0.25, 0.3) is 0 Å². The predicted molar refractivity (Wildman–Crippen MR) is 94.9 cm³/mol.